The van der Waals surface area contributed by atoms with Crippen LogP contribution in [0.4, 0.5) is 0 Å². The van der Waals surface area contributed by atoms with Gasteiger partial charge in [-0.25, -0.2) is 0 Å². The molecule has 1 saturated heterocycles. The van der Waals surface area contributed by atoms with Crippen LogP contribution in [0.1, 0.15) is 76.3 Å². The second-order valence-corrected chi connectivity index (χ2v) is 15.7. The summed E-state index contributed by atoms with van der Waals surface area (Å²) in [6.07, 6.45) is 4.87. The predicted molar refractivity (Wildman–Crippen MR) is 189 cm³/mol. The highest BCUT2D eigenvalue weighted by molar-refractivity contribution is 6.37. The minimum atomic E-state index is -1.12. The number of pyridine rings is 1. The number of oxime groups is 1. The number of para-hydroxylation sites is 1. The summed E-state index contributed by atoms with van der Waals surface area (Å²) in [7, 11) is 0. The lowest BCUT2D eigenvalue weighted by molar-refractivity contribution is -0.145. The summed E-state index contributed by atoms with van der Waals surface area (Å²) in [6.45, 7) is 5.63. The molecular weight excluding hydrogens is 648 g/mol. The summed E-state index contributed by atoms with van der Waals surface area (Å²) < 4.78 is 0. The third-order valence-corrected chi connectivity index (χ3v) is 10.7. The van der Waals surface area contributed by atoms with Gasteiger partial charge in [-0.05, 0) is 41.7 Å². The van der Waals surface area contributed by atoms with Crippen LogP contribution in [0.15, 0.2) is 72.0 Å². The summed E-state index contributed by atoms with van der Waals surface area (Å²) in [5, 5.41) is 11.2. The van der Waals surface area contributed by atoms with Gasteiger partial charge in [0, 0.05) is 35.9 Å². The molecule has 12 heteroatoms. The zero-order chi connectivity index (χ0) is 36.1. The van der Waals surface area contributed by atoms with E-state index in [0.29, 0.717) is 25.0 Å². The summed E-state index contributed by atoms with van der Waals surface area (Å²) >= 11 is 0. The van der Waals surface area contributed by atoms with Gasteiger partial charge in [-0.1, -0.05) is 93.4 Å². The molecule has 1 aromatic heterocycles. The Balaban J connectivity index is 1.16. The molecule has 2 aliphatic heterocycles. The molecule has 2 aromatic carbocycles. The van der Waals surface area contributed by atoms with Gasteiger partial charge in [0.05, 0.1) is 23.8 Å². The molecule has 3 fully saturated rings. The topological polar surface area (TPSA) is 173 Å². The van der Waals surface area contributed by atoms with Crippen LogP contribution in [-0.2, 0) is 28.8 Å². The van der Waals surface area contributed by atoms with Gasteiger partial charge in [-0.2, -0.15) is 0 Å². The second-order valence-electron chi connectivity index (χ2n) is 15.7. The van der Waals surface area contributed by atoms with Crippen molar-refractivity contribution in [1.82, 2.24) is 20.5 Å². The molecule has 6 atom stereocenters. The lowest BCUT2D eigenvalue weighted by Crippen LogP contribution is -2.59. The van der Waals surface area contributed by atoms with Crippen molar-refractivity contribution in [3.05, 3.63) is 78.0 Å². The van der Waals surface area contributed by atoms with Crippen molar-refractivity contribution in [2.75, 3.05) is 6.54 Å². The van der Waals surface area contributed by atoms with Crippen molar-refractivity contribution in [3.8, 4) is 0 Å². The lowest BCUT2D eigenvalue weighted by atomic mass is 9.85. The number of rotatable bonds is 11. The standard InChI is InChI=1S/C39H44N6O6/c1-38(2,3)33(43-35(48)27-18-26(27)23-9-5-4-6-10-23)37(50)45-21-39(19-29(44-51-39)25-13-7-11-24-12-8-16-41-31(24)25)20-30(45)36(49)42-28(17-22-14-15-22)32(46)34(40)47/h4-13,16,22,26-28,30,33H,14-15,17-21H2,1-3H3,(H2,40,47)(H,42,49)(H,43,48)/t26-,27+,28-,30-,33+,39+/m0/s1. The van der Waals surface area contributed by atoms with Gasteiger partial charge in [0.2, 0.25) is 23.5 Å². The SMILES string of the molecule is CC(C)(C)[C@H](NC(=O)[C@@H]1C[C@H]1c1ccccc1)C(=O)N1C[C@@]2(CC(c3cccc4cccnc34)=NO2)C[C@H]1C(=O)N[C@@H](CC1CC1)C(=O)C(N)=O. The van der Waals surface area contributed by atoms with Gasteiger partial charge in [0.15, 0.2) is 5.60 Å². The molecule has 2 saturated carbocycles. The number of nitrogens with two attached hydrogens (primary N) is 1. The van der Waals surface area contributed by atoms with Crippen LogP contribution in [-0.4, -0.2) is 75.3 Å². The fourth-order valence-corrected chi connectivity index (χ4v) is 7.59. The highest BCUT2D eigenvalue weighted by atomic mass is 16.7. The molecule has 4 amide bonds. The number of amides is 4. The summed E-state index contributed by atoms with van der Waals surface area (Å²) in [5.41, 5.74) is 6.88. The lowest BCUT2D eigenvalue weighted by Gasteiger charge is -2.35. The molecule has 2 aliphatic carbocycles. The van der Waals surface area contributed by atoms with Gasteiger partial charge in [-0.15, -0.1) is 0 Å². The largest absolute Gasteiger partial charge is 0.387 e. The number of Topliss-reactive ketones (excluding diaryl/α,β-unsaturated/α-hetero) is 1. The Kier molecular flexibility index (Phi) is 8.89. The van der Waals surface area contributed by atoms with Crippen LogP contribution in [0, 0.1) is 17.3 Å². The van der Waals surface area contributed by atoms with E-state index < -0.39 is 52.6 Å². The van der Waals surface area contributed by atoms with Crippen LogP contribution in [0.25, 0.3) is 10.9 Å². The Hall–Kier alpha value is -5.13. The Morgan fingerprint density at radius 2 is 1.73 bits per heavy atom. The molecule has 7 rings (SSSR count). The van der Waals surface area contributed by atoms with Crippen LogP contribution in [0.2, 0.25) is 0 Å². The number of ketones is 1. The molecule has 3 heterocycles. The summed E-state index contributed by atoms with van der Waals surface area (Å²) in [6, 6.07) is 16.3. The minimum absolute atomic E-state index is 0.0185. The molecule has 0 radical (unpaired) electrons. The van der Waals surface area contributed by atoms with Crippen molar-refractivity contribution in [2.24, 2.45) is 28.1 Å². The Labute approximate surface area is 296 Å². The maximum absolute atomic E-state index is 14.7. The van der Waals surface area contributed by atoms with Crippen molar-refractivity contribution in [2.45, 2.75) is 88.9 Å². The first-order valence-electron chi connectivity index (χ1n) is 17.7. The maximum atomic E-state index is 14.7. The number of hydrogen-bond donors (Lipinski definition) is 3. The number of hydrogen-bond acceptors (Lipinski definition) is 8. The first-order valence-corrected chi connectivity index (χ1v) is 17.7. The smallest absolute Gasteiger partial charge is 0.287 e. The van der Waals surface area contributed by atoms with Gasteiger partial charge in [-0.3, -0.25) is 29.0 Å². The van der Waals surface area contributed by atoms with E-state index in [1.807, 2.05) is 81.4 Å². The van der Waals surface area contributed by atoms with Crippen molar-refractivity contribution < 1.29 is 28.8 Å². The van der Waals surface area contributed by atoms with E-state index in [-0.39, 0.29) is 36.6 Å². The van der Waals surface area contributed by atoms with Crippen LogP contribution < -0.4 is 16.4 Å². The van der Waals surface area contributed by atoms with E-state index in [1.165, 1.54) is 4.90 Å². The third-order valence-electron chi connectivity index (χ3n) is 10.7. The number of likely N-dealkylation sites (tertiary alicyclic amines) is 1. The number of aromatic nitrogens is 1. The molecule has 1 spiro atoms. The van der Waals surface area contributed by atoms with Gasteiger partial charge >= 0.3 is 0 Å². The molecule has 4 N–H and O–H groups in total. The van der Waals surface area contributed by atoms with Gasteiger partial charge < -0.3 is 26.1 Å². The fourth-order valence-electron chi connectivity index (χ4n) is 7.59. The maximum Gasteiger partial charge on any atom is 0.287 e. The number of carbonyl (C=O) groups excluding carboxylic acids is 5. The molecule has 266 valence electrons. The molecule has 0 unspecified atom stereocenters. The molecule has 3 aromatic rings. The van der Waals surface area contributed by atoms with Crippen LogP contribution in [0.3, 0.4) is 0 Å². The Morgan fingerprint density at radius 1 is 0.980 bits per heavy atom. The van der Waals surface area contributed by atoms with E-state index in [9.17, 15) is 24.0 Å². The number of fused-ring (bicyclic) bond motifs is 1. The zero-order valence-electron chi connectivity index (χ0n) is 29.1. The fraction of sp³-hybridized carbons (Fsp3) is 0.462. The Morgan fingerprint density at radius 3 is 2.43 bits per heavy atom. The summed E-state index contributed by atoms with van der Waals surface area (Å²) in [5.74, 6) is -3.21. The molecule has 4 aliphatic rings. The molecular formula is C39H44N6O6. The van der Waals surface area contributed by atoms with E-state index in [4.69, 9.17) is 10.6 Å². The average Bonchev–Trinajstić information content (AvgIpc) is 4.04. The minimum Gasteiger partial charge on any atom is -0.387 e. The Bertz CT molecular complexity index is 1910. The molecule has 0 bridgehead atoms. The van der Waals surface area contributed by atoms with Gasteiger partial charge in [0.1, 0.15) is 12.1 Å². The third kappa shape index (κ3) is 7.09. The number of nitrogens with one attached hydrogen (secondary N) is 2. The zero-order valence-corrected chi connectivity index (χ0v) is 29.1. The van der Waals surface area contributed by atoms with E-state index in [0.717, 1.165) is 34.9 Å². The van der Waals surface area contributed by atoms with Crippen LogP contribution in [0.5, 0.6) is 0 Å². The normalized spacial score (nSPS) is 25.1. The average molecular weight is 693 g/mol. The van der Waals surface area contributed by atoms with Crippen molar-refractivity contribution >= 4 is 46.0 Å². The summed E-state index contributed by atoms with van der Waals surface area (Å²) in [4.78, 5) is 79.5. The number of benzene rings is 2. The highest BCUT2D eigenvalue weighted by Gasteiger charge is 2.56. The number of primary amides is 1. The monoisotopic (exact) mass is 692 g/mol. The molecule has 51 heavy (non-hydrogen) atoms. The number of nitrogens with zero attached hydrogens (tertiary/aromatic N) is 3. The van der Waals surface area contributed by atoms with E-state index in [2.05, 4.69) is 20.8 Å². The van der Waals surface area contributed by atoms with E-state index >= 15 is 0 Å². The highest BCUT2D eigenvalue weighted by Crippen LogP contribution is 2.48. The van der Waals surface area contributed by atoms with Crippen LogP contribution >= 0.6 is 0 Å². The van der Waals surface area contributed by atoms with Gasteiger partial charge in [0.25, 0.3) is 5.91 Å². The first-order chi connectivity index (χ1) is 24.3. The van der Waals surface area contributed by atoms with Crippen molar-refractivity contribution in [3.63, 3.8) is 0 Å². The second kappa shape index (κ2) is 13.2. The number of carbonyl (C=O) groups is 5. The predicted octanol–water partition coefficient (Wildman–Crippen LogP) is 3.37. The van der Waals surface area contributed by atoms with Crippen molar-refractivity contribution in [1.29, 1.82) is 0 Å². The quantitative estimate of drug-likeness (QED) is 0.259. The van der Waals surface area contributed by atoms with E-state index in [1.54, 1.807) is 6.20 Å². The molecule has 12 nitrogen and oxygen atoms in total. The first kappa shape index (κ1) is 34.3.